The molecule has 0 aromatic heterocycles. The lowest BCUT2D eigenvalue weighted by molar-refractivity contribution is 0.649. The van der Waals surface area contributed by atoms with E-state index in [2.05, 4.69) is 38.1 Å². The van der Waals surface area contributed by atoms with E-state index >= 15 is 0 Å². The fourth-order valence-corrected chi connectivity index (χ4v) is 1.85. The zero-order valence-corrected chi connectivity index (χ0v) is 8.38. The number of rotatable bonds is 3. The maximum Gasteiger partial charge on any atom is 0.0376 e. The fraction of sp³-hybridized carbons (Fsp3) is 0.455. The molecule has 0 saturated heterocycles. The highest BCUT2D eigenvalue weighted by Gasteiger charge is 2.13. The van der Waals surface area contributed by atoms with Crippen molar-refractivity contribution in [3.05, 3.63) is 35.9 Å². The lowest BCUT2D eigenvalue weighted by atomic mass is 9.94. The summed E-state index contributed by atoms with van der Waals surface area (Å²) in [5, 5.41) is 0.220. The maximum absolute atomic E-state index is 6.08. The van der Waals surface area contributed by atoms with Gasteiger partial charge in [0.25, 0.3) is 0 Å². The lowest BCUT2D eigenvalue weighted by Gasteiger charge is -2.17. The molecule has 2 unspecified atom stereocenters. The molecule has 0 aliphatic carbocycles. The Morgan fingerprint density at radius 3 is 2.25 bits per heavy atom. The van der Waals surface area contributed by atoms with Gasteiger partial charge in [0.05, 0.1) is 0 Å². The molecule has 12 heavy (non-hydrogen) atoms. The van der Waals surface area contributed by atoms with Crippen LogP contribution in [0.5, 0.6) is 0 Å². The second-order valence-electron chi connectivity index (χ2n) is 3.10. The van der Waals surface area contributed by atoms with E-state index in [9.17, 15) is 0 Å². The van der Waals surface area contributed by atoms with Crippen molar-refractivity contribution < 1.29 is 0 Å². The average molecular weight is 183 g/mol. The lowest BCUT2D eigenvalue weighted by Crippen LogP contribution is -2.07. The van der Waals surface area contributed by atoms with Crippen LogP contribution in [0.2, 0.25) is 0 Å². The van der Waals surface area contributed by atoms with E-state index in [-0.39, 0.29) is 5.38 Å². The third-order valence-electron chi connectivity index (χ3n) is 2.22. The molecule has 0 fully saturated rings. The van der Waals surface area contributed by atoms with E-state index in [1.54, 1.807) is 0 Å². The van der Waals surface area contributed by atoms with Crippen molar-refractivity contribution in [2.45, 2.75) is 31.6 Å². The van der Waals surface area contributed by atoms with Gasteiger partial charge in [-0.3, -0.25) is 0 Å². The Hall–Kier alpha value is -0.490. The van der Waals surface area contributed by atoms with E-state index in [0.29, 0.717) is 5.92 Å². The van der Waals surface area contributed by atoms with Crippen molar-refractivity contribution in [2.75, 3.05) is 0 Å². The van der Waals surface area contributed by atoms with E-state index in [0.717, 1.165) is 6.42 Å². The van der Waals surface area contributed by atoms with E-state index < -0.39 is 0 Å². The summed E-state index contributed by atoms with van der Waals surface area (Å²) in [4.78, 5) is 0. The number of benzene rings is 1. The van der Waals surface area contributed by atoms with Gasteiger partial charge in [0.15, 0.2) is 0 Å². The van der Waals surface area contributed by atoms with Crippen LogP contribution in [0.25, 0.3) is 0 Å². The minimum Gasteiger partial charge on any atom is -0.123 e. The number of hydrogen-bond donors (Lipinski definition) is 0. The molecule has 0 saturated carbocycles. The summed E-state index contributed by atoms with van der Waals surface area (Å²) in [6.45, 7) is 4.24. The predicted molar refractivity (Wildman–Crippen MR) is 54.8 cm³/mol. The normalized spacial score (nSPS) is 15.6. The largest absolute Gasteiger partial charge is 0.123 e. The van der Waals surface area contributed by atoms with Gasteiger partial charge in [0.1, 0.15) is 0 Å². The molecule has 0 spiro atoms. The van der Waals surface area contributed by atoms with Gasteiger partial charge in [-0.2, -0.15) is 0 Å². The summed E-state index contributed by atoms with van der Waals surface area (Å²) in [5.41, 5.74) is 1.35. The zero-order chi connectivity index (χ0) is 8.97. The first-order valence-electron chi connectivity index (χ1n) is 4.44. The molecule has 0 aliphatic heterocycles. The van der Waals surface area contributed by atoms with E-state index in [4.69, 9.17) is 11.6 Å². The Morgan fingerprint density at radius 2 is 1.83 bits per heavy atom. The maximum atomic E-state index is 6.08. The van der Waals surface area contributed by atoms with Crippen LogP contribution in [0.3, 0.4) is 0 Å². The molecule has 1 aromatic rings. The highest BCUT2D eigenvalue weighted by Crippen LogP contribution is 2.26. The molecule has 0 N–H and O–H groups in total. The summed E-state index contributed by atoms with van der Waals surface area (Å²) in [6.07, 6.45) is 1.11. The minimum atomic E-state index is 0.220. The Bertz CT molecular complexity index is 216. The van der Waals surface area contributed by atoms with Gasteiger partial charge in [-0.1, -0.05) is 37.3 Å². The summed E-state index contributed by atoms with van der Waals surface area (Å²) < 4.78 is 0. The first-order valence-corrected chi connectivity index (χ1v) is 4.88. The van der Waals surface area contributed by atoms with Crippen molar-refractivity contribution in [2.24, 2.45) is 0 Å². The second kappa shape index (κ2) is 4.51. The smallest absolute Gasteiger partial charge is 0.0376 e. The van der Waals surface area contributed by atoms with Crippen molar-refractivity contribution >= 4 is 11.6 Å². The average Bonchev–Trinajstić information content (AvgIpc) is 2.07. The molecule has 0 heterocycles. The zero-order valence-electron chi connectivity index (χ0n) is 7.63. The predicted octanol–water partition coefficient (Wildman–Crippen LogP) is 3.81. The Balaban J connectivity index is 2.80. The molecular weight excluding hydrogens is 168 g/mol. The Morgan fingerprint density at radius 1 is 1.25 bits per heavy atom. The molecule has 1 heteroatoms. The molecule has 0 bridgehead atoms. The number of halogens is 1. The van der Waals surface area contributed by atoms with Gasteiger partial charge >= 0.3 is 0 Å². The molecule has 0 nitrogen and oxygen atoms in total. The molecule has 1 aromatic carbocycles. The molecule has 0 amide bonds. The standard InChI is InChI=1S/C11H15Cl/c1-3-11(9(2)12)10-7-5-4-6-8-10/h4-9,11H,3H2,1-2H3. The highest BCUT2D eigenvalue weighted by atomic mass is 35.5. The summed E-state index contributed by atoms with van der Waals surface area (Å²) in [7, 11) is 0. The van der Waals surface area contributed by atoms with Crippen LogP contribution in [0.4, 0.5) is 0 Å². The van der Waals surface area contributed by atoms with Gasteiger partial charge in [-0.15, -0.1) is 11.6 Å². The fourth-order valence-electron chi connectivity index (χ4n) is 1.53. The summed E-state index contributed by atoms with van der Waals surface area (Å²) >= 11 is 6.08. The van der Waals surface area contributed by atoms with Crippen LogP contribution < -0.4 is 0 Å². The molecule has 66 valence electrons. The van der Waals surface area contributed by atoms with E-state index in [1.807, 2.05) is 6.07 Å². The van der Waals surface area contributed by atoms with Crippen molar-refractivity contribution in [3.63, 3.8) is 0 Å². The Kier molecular flexibility index (Phi) is 3.61. The van der Waals surface area contributed by atoms with Gasteiger partial charge in [0, 0.05) is 5.38 Å². The van der Waals surface area contributed by atoms with Crippen molar-refractivity contribution in [1.82, 2.24) is 0 Å². The topological polar surface area (TPSA) is 0 Å². The molecule has 1 rings (SSSR count). The number of hydrogen-bond acceptors (Lipinski definition) is 0. The molecular formula is C11H15Cl. The van der Waals surface area contributed by atoms with Gasteiger partial charge in [-0.05, 0) is 24.8 Å². The van der Waals surface area contributed by atoms with Gasteiger partial charge < -0.3 is 0 Å². The minimum absolute atomic E-state index is 0.220. The Labute approximate surface area is 79.6 Å². The van der Waals surface area contributed by atoms with Crippen molar-refractivity contribution in [3.8, 4) is 0 Å². The van der Waals surface area contributed by atoms with Crippen LogP contribution in [0, 0.1) is 0 Å². The quantitative estimate of drug-likeness (QED) is 0.624. The van der Waals surface area contributed by atoms with Crippen LogP contribution >= 0.6 is 11.6 Å². The second-order valence-corrected chi connectivity index (χ2v) is 3.79. The summed E-state index contributed by atoms with van der Waals surface area (Å²) in [6, 6.07) is 10.5. The first kappa shape index (κ1) is 9.60. The molecule has 2 atom stereocenters. The SMILES string of the molecule is CCC(c1ccccc1)C(C)Cl. The van der Waals surface area contributed by atoms with Crippen LogP contribution in [0.15, 0.2) is 30.3 Å². The monoisotopic (exact) mass is 182 g/mol. The van der Waals surface area contributed by atoms with Gasteiger partial charge in [-0.25, -0.2) is 0 Å². The van der Waals surface area contributed by atoms with Crippen LogP contribution in [-0.4, -0.2) is 5.38 Å². The molecule has 0 radical (unpaired) electrons. The summed E-state index contributed by atoms with van der Waals surface area (Å²) in [5.74, 6) is 0.493. The van der Waals surface area contributed by atoms with Crippen LogP contribution in [-0.2, 0) is 0 Å². The molecule has 0 aliphatic rings. The first-order chi connectivity index (χ1) is 5.75. The van der Waals surface area contributed by atoms with Crippen LogP contribution in [0.1, 0.15) is 31.7 Å². The third kappa shape index (κ3) is 2.25. The third-order valence-corrected chi connectivity index (χ3v) is 2.53. The van der Waals surface area contributed by atoms with Crippen molar-refractivity contribution in [1.29, 1.82) is 0 Å². The number of alkyl halides is 1. The highest BCUT2D eigenvalue weighted by molar-refractivity contribution is 6.20. The van der Waals surface area contributed by atoms with Gasteiger partial charge in [0.2, 0.25) is 0 Å². The van der Waals surface area contributed by atoms with E-state index in [1.165, 1.54) is 5.56 Å².